The second kappa shape index (κ2) is 17.0. The number of likely N-dealkylation sites (tertiary alicyclic amines) is 1. The lowest BCUT2D eigenvalue weighted by Gasteiger charge is -2.27. The van der Waals surface area contributed by atoms with Crippen molar-refractivity contribution in [2.45, 2.75) is 79.2 Å². The van der Waals surface area contributed by atoms with Gasteiger partial charge in [-0.1, -0.05) is 34.6 Å². The van der Waals surface area contributed by atoms with Gasteiger partial charge in [-0.2, -0.15) is 0 Å². The third-order valence-corrected chi connectivity index (χ3v) is 6.38. The van der Waals surface area contributed by atoms with E-state index in [0.29, 0.717) is 19.4 Å². The first-order valence-corrected chi connectivity index (χ1v) is 13.6. The fourth-order valence-electron chi connectivity index (χ4n) is 4.25. The molecule has 222 valence electrons. The van der Waals surface area contributed by atoms with Gasteiger partial charge in [0.1, 0.15) is 5.78 Å². The van der Waals surface area contributed by atoms with Crippen LogP contribution in [-0.2, 0) is 33.4 Å². The number of carbonyl (C=O) groups is 6. The fraction of sp³-hybridized carbons (Fsp3) is 0.778. The molecule has 0 unspecified atom stereocenters. The van der Waals surface area contributed by atoms with Gasteiger partial charge in [-0.05, 0) is 18.8 Å². The number of nitrogens with two attached hydrogens (primary N) is 1. The van der Waals surface area contributed by atoms with Crippen LogP contribution in [0.15, 0.2) is 0 Å². The predicted octanol–water partition coefficient (Wildman–Crippen LogP) is 1.34. The van der Waals surface area contributed by atoms with Crippen LogP contribution in [-0.4, -0.2) is 85.8 Å². The number of urea groups is 1. The molecule has 0 saturated carbocycles. The van der Waals surface area contributed by atoms with E-state index < -0.39 is 23.4 Å². The number of nitrogens with one attached hydrogen (secondary N) is 2. The topological polar surface area (TPSA) is 174 Å². The van der Waals surface area contributed by atoms with Gasteiger partial charge in [0.15, 0.2) is 5.78 Å². The molecule has 0 spiro atoms. The number of rotatable bonds is 19. The van der Waals surface area contributed by atoms with E-state index in [1.807, 2.05) is 13.8 Å². The Morgan fingerprint density at radius 1 is 0.974 bits per heavy atom. The highest BCUT2D eigenvalue weighted by atomic mass is 16.5. The van der Waals surface area contributed by atoms with Crippen LogP contribution >= 0.6 is 0 Å². The second-order valence-electron chi connectivity index (χ2n) is 11.1. The van der Waals surface area contributed by atoms with Crippen molar-refractivity contribution in [2.24, 2.45) is 23.0 Å². The van der Waals surface area contributed by atoms with Gasteiger partial charge in [-0.15, -0.1) is 0 Å². The van der Waals surface area contributed by atoms with E-state index in [9.17, 15) is 28.8 Å². The largest absolute Gasteiger partial charge is 0.379 e. The zero-order valence-electron chi connectivity index (χ0n) is 24.0. The van der Waals surface area contributed by atoms with Gasteiger partial charge in [-0.25, -0.2) is 4.79 Å². The summed E-state index contributed by atoms with van der Waals surface area (Å²) in [6, 6.07) is -1.38. The lowest BCUT2D eigenvalue weighted by atomic mass is 9.78. The molecule has 5 amide bonds. The number of hydrogen-bond donors (Lipinski definition) is 3. The van der Waals surface area contributed by atoms with Crippen LogP contribution in [0.2, 0.25) is 0 Å². The minimum Gasteiger partial charge on any atom is -0.379 e. The van der Waals surface area contributed by atoms with E-state index in [1.165, 1.54) is 4.90 Å². The number of Topliss-reactive ketones (excluding diaryl/α,β-unsaturated/α-hetero) is 2. The molecule has 1 heterocycles. The minimum absolute atomic E-state index is 0.00172. The first-order chi connectivity index (χ1) is 18.2. The van der Waals surface area contributed by atoms with E-state index in [-0.39, 0.29) is 93.9 Å². The smallest absolute Gasteiger partial charge is 0.312 e. The first-order valence-electron chi connectivity index (χ1n) is 13.6. The Hall–Kier alpha value is -2.86. The van der Waals surface area contributed by atoms with Crippen LogP contribution in [0, 0.1) is 17.3 Å². The number of carbonyl (C=O) groups excluding carboxylic acids is 6. The summed E-state index contributed by atoms with van der Waals surface area (Å²) in [5, 5.41) is 5.27. The van der Waals surface area contributed by atoms with Crippen molar-refractivity contribution in [1.29, 1.82) is 0 Å². The number of nitrogens with zero attached hydrogens (tertiary/aromatic N) is 1. The second-order valence-corrected chi connectivity index (χ2v) is 11.1. The highest BCUT2D eigenvalue weighted by Gasteiger charge is 2.34. The van der Waals surface area contributed by atoms with E-state index in [1.54, 1.807) is 20.8 Å². The van der Waals surface area contributed by atoms with Crippen LogP contribution in [0.25, 0.3) is 0 Å². The Labute approximate surface area is 231 Å². The van der Waals surface area contributed by atoms with E-state index in [4.69, 9.17) is 15.2 Å². The predicted molar refractivity (Wildman–Crippen MR) is 143 cm³/mol. The van der Waals surface area contributed by atoms with Crippen molar-refractivity contribution in [3.05, 3.63) is 0 Å². The summed E-state index contributed by atoms with van der Waals surface area (Å²) >= 11 is 0. The summed E-state index contributed by atoms with van der Waals surface area (Å²) in [6.45, 7) is 10.4. The van der Waals surface area contributed by atoms with E-state index in [0.717, 1.165) is 0 Å². The van der Waals surface area contributed by atoms with Gasteiger partial charge in [0.2, 0.25) is 17.7 Å². The molecular formula is C27H46N4O8. The third kappa shape index (κ3) is 13.2. The molecule has 0 aromatic carbocycles. The lowest BCUT2D eigenvalue weighted by molar-refractivity contribution is -0.139. The van der Waals surface area contributed by atoms with Crippen LogP contribution in [0.5, 0.6) is 0 Å². The fourth-order valence-corrected chi connectivity index (χ4v) is 4.25. The third-order valence-electron chi connectivity index (χ3n) is 6.38. The Balaban J connectivity index is 2.44. The highest BCUT2D eigenvalue weighted by Crippen LogP contribution is 2.26. The zero-order chi connectivity index (χ0) is 29.6. The summed E-state index contributed by atoms with van der Waals surface area (Å²) in [5.41, 5.74) is 4.45. The lowest BCUT2D eigenvalue weighted by Crippen LogP contribution is -2.46. The molecule has 12 nitrogen and oxygen atoms in total. The number of ether oxygens (including phenoxy) is 2. The number of ketones is 2. The molecule has 0 bridgehead atoms. The Bertz CT molecular complexity index is 852. The summed E-state index contributed by atoms with van der Waals surface area (Å²) in [7, 11) is 0. The molecule has 39 heavy (non-hydrogen) atoms. The Kier molecular flexibility index (Phi) is 14.9. The van der Waals surface area contributed by atoms with Crippen molar-refractivity contribution < 1.29 is 38.2 Å². The van der Waals surface area contributed by atoms with Gasteiger partial charge < -0.3 is 25.8 Å². The minimum atomic E-state index is -0.740. The van der Waals surface area contributed by atoms with Crippen molar-refractivity contribution in [2.75, 3.05) is 39.5 Å². The summed E-state index contributed by atoms with van der Waals surface area (Å²) in [6.07, 6.45) is 1.46. The van der Waals surface area contributed by atoms with Crippen LogP contribution < -0.4 is 16.4 Å². The van der Waals surface area contributed by atoms with Crippen molar-refractivity contribution in [3.63, 3.8) is 0 Å². The summed E-state index contributed by atoms with van der Waals surface area (Å²) in [4.78, 5) is 73.9. The Morgan fingerprint density at radius 3 is 2.10 bits per heavy atom. The first kappa shape index (κ1) is 34.2. The van der Waals surface area contributed by atoms with E-state index in [2.05, 4.69) is 10.6 Å². The maximum absolute atomic E-state index is 13.2. The average molecular weight is 555 g/mol. The van der Waals surface area contributed by atoms with Gasteiger partial charge in [0.25, 0.3) is 0 Å². The normalized spacial score (nSPS) is 15.4. The summed E-state index contributed by atoms with van der Waals surface area (Å²) < 4.78 is 10.8. The van der Waals surface area contributed by atoms with Crippen molar-refractivity contribution in [3.8, 4) is 0 Å². The average Bonchev–Trinajstić information content (AvgIpc) is 3.16. The van der Waals surface area contributed by atoms with Gasteiger partial charge in [-0.3, -0.25) is 28.9 Å². The summed E-state index contributed by atoms with van der Waals surface area (Å²) in [5.74, 6) is -1.66. The standard InChI is InChI=1S/C27H46N4O8/c1-18(2)24(20(32)17-19(25(36)27(3,4)5)7-6-11-29-26(28)37)30-21(33)10-13-38-15-16-39-14-12-31-22(34)8-9-23(31)35/h18-19,24H,6-17H2,1-5H3,(H,30,33)(H3,28,29,37)/t19-,24+/m1/s1. The maximum Gasteiger partial charge on any atom is 0.312 e. The number of amides is 5. The number of imide groups is 1. The molecule has 1 aliphatic rings. The quantitative estimate of drug-likeness (QED) is 0.158. The molecule has 0 radical (unpaired) electrons. The molecule has 1 saturated heterocycles. The monoisotopic (exact) mass is 554 g/mol. The zero-order valence-corrected chi connectivity index (χ0v) is 24.0. The van der Waals surface area contributed by atoms with Crippen molar-refractivity contribution >= 4 is 35.3 Å². The molecule has 0 aromatic heterocycles. The highest BCUT2D eigenvalue weighted by molar-refractivity contribution is 6.01. The van der Waals surface area contributed by atoms with E-state index >= 15 is 0 Å². The molecule has 1 fully saturated rings. The Morgan fingerprint density at radius 2 is 1.56 bits per heavy atom. The molecule has 1 rings (SSSR count). The molecule has 0 aliphatic carbocycles. The number of primary amides is 1. The molecule has 1 aliphatic heterocycles. The molecule has 2 atom stereocenters. The van der Waals surface area contributed by atoms with Gasteiger partial charge in [0.05, 0.1) is 39.0 Å². The number of hydrogen-bond acceptors (Lipinski definition) is 8. The van der Waals surface area contributed by atoms with Gasteiger partial charge in [0, 0.05) is 43.6 Å². The van der Waals surface area contributed by atoms with Crippen molar-refractivity contribution in [1.82, 2.24) is 15.5 Å². The van der Waals surface area contributed by atoms with Crippen LogP contribution in [0.4, 0.5) is 4.79 Å². The maximum atomic E-state index is 13.2. The van der Waals surface area contributed by atoms with Crippen LogP contribution in [0.1, 0.15) is 73.1 Å². The molecule has 12 heteroatoms. The molecular weight excluding hydrogens is 508 g/mol. The molecule has 0 aromatic rings. The van der Waals surface area contributed by atoms with Gasteiger partial charge >= 0.3 is 6.03 Å². The van der Waals surface area contributed by atoms with Crippen LogP contribution in [0.3, 0.4) is 0 Å². The SMILES string of the molecule is CC(C)[C@H](NC(=O)CCOCCOCCN1C(=O)CCC1=O)C(=O)C[C@@H](CCCNC(N)=O)C(=O)C(C)(C)C. The molecule has 4 N–H and O–H groups in total.